The van der Waals surface area contributed by atoms with Gasteiger partial charge in [0.25, 0.3) is 0 Å². The van der Waals surface area contributed by atoms with Gasteiger partial charge in [0.15, 0.2) is 0 Å². The summed E-state index contributed by atoms with van der Waals surface area (Å²) in [4.78, 5) is 14.2. The highest BCUT2D eigenvalue weighted by Crippen LogP contribution is 2.18. The van der Waals surface area contributed by atoms with Gasteiger partial charge in [-0.15, -0.1) is 0 Å². The number of hydrogen-bond acceptors (Lipinski definition) is 2. The first kappa shape index (κ1) is 14.5. The van der Waals surface area contributed by atoms with Crippen molar-refractivity contribution < 1.29 is 4.79 Å². The summed E-state index contributed by atoms with van der Waals surface area (Å²) in [6.45, 7) is 2.72. The quantitative estimate of drug-likeness (QED) is 0.922. The van der Waals surface area contributed by atoms with Crippen LogP contribution in [-0.4, -0.2) is 37.5 Å². The summed E-state index contributed by atoms with van der Waals surface area (Å²) in [5.41, 5.74) is 1.26. The van der Waals surface area contributed by atoms with Crippen LogP contribution in [0.5, 0.6) is 0 Å². The highest BCUT2D eigenvalue weighted by Gasteiger charge is 2.23. The van der Waals surface area contributed by atoms with E-state index in [1.807, 2.05) is 30.1 Å². The van der Waals surface area contributed by atoms with Crippen LogP contribution >= 0.6 is 15.9 Å². The zero-order valence-electron chi connectivity index (χ0n) is 11.4. The Morgan fingerprint density at radius 1 is 1.37 bits per heavy atom. The molecule has 2 rings (SSSR count). The van der Waals surface area contributed by atoms with Gasteiger partial charge < -0.3 is 10.2 Å². The molecule has 1 saturated heterocycles. The first-order valence-electron chi connectivity index (χ1n) is 6.87. The van der Waals surface area contributed by atoms with Gasteiger partial charge in [0, 0.05) is 24.0 Å². The van der Waals surface area contributed by atoms with E-state index in [0.29, 0.717) is 5.91 Å². The van der Waals surface area contributed by atoms with Crippen molar-refractivity contribution in [2.75, 3.05) is 26.7 Å². The number of rotatable bonds is 4. The second-order valence-corrected chi connectivity index (χ2v) is 5.98. The number of halogens is 1. The minimum Gasteiger partial charge on any atom is -0.345 e. The van der Waals surface area contributed by atoms with Crippen molar-refractivity contribution in [3.05, 3.63) is 34.3 Å². The molecule has 3 nitrogen and oxygen atoms in total. The Kier molecular flexibility index (Phi) is 5.40. The van der Waals surface area contributed by atoms with Gasteiger partial charge in [-0.3, -0.25) is 4.79 Å². The minimum atomic E-state index is 0.213. The number of nitrogens with zero attached hydrogens (tertiary/aromatic N) is 1. The van der Waals surface area contributed by atoms with Gasteiger partial charge in [-0.1, -0.05) is 34.1 Å². The molecule has 19 heavy (non-hydrogen) atoms. The molecule has 0 aliphatic carbocycles. The van der Waals surface area contributed by atoms with Crippen LogP contribution in [0.2, 0.25) is 0 Å². The van der Waals surface area contributed by atoms with Crippen molar-refractivity contribution in [1.29, 1.82) is 0 Å². The predicted molar refractivity (Wildman–Crippen MR) is 81.1 cm³/mol. The Morgan fingerprint density at radius 2 is 2.05 bits per heavy atom. The molecule has 1 heterocycles. The second kappa shape index (κ2) is 7.06. The Balaban J connectivity index is 1.85. The van der Waals surface area contributed by atoms with Crippen LogP contribution in [0.3, 0.4) is 0 Å². The summed E-state index contributed by atoms with van der Waals surface area (Å²) in [6, 6.07) is 8.20. The van der Waals surface area contributed by atoms with Gasteiger partial charge in [0.1, 0.15) is 0 Å². The van der Waals surface area contributed by atoms with Crippen LogP contribution in [0.1, 0.15) is 18.4 Å². The smallest absolute Gasteiger partial charge is 0.225 e. The van der Waals surface area contributed by atoms with Gasteiger partial charge in [-0.05, 0) is 44.0 Å². The third-order valence-corrected chi connectivity index (χ3v) is 4.51. The van der Waals surface area contributed by atoms with Crippen LogP contribution in [0.25, 0.3) is 0 Å². The van der Waals surface area contributed by atoms with E-state index in [1.54, 1.807) is 0 Å². The summed E-state index contributed by atoms with van der Waals surface area (Å²) < 4.78 is 1.12. The first-order valence-corrected chi connectivity index (χ1v) is 7.67. The average Bonchev–Trinajstić information content (AvgIpc) is 2.46. The summed E-state index contributed by atoms with van der Waals surface area (Å²) >= 11 is 3.55. The highest BCUT2D eigenvalue weighted by atomic mass is 79.9. The summed E-state index contributed by atoms with van der Waals surface area (Å²) in [7, 11) is 1.92. The number of likely N-dealkylation sites (N-methyl/N-ethyl adjacent to an activating group) is 1. The van der Waals surface area contributed by atoms with Crippen molar-refractivity contribution >= 4 is 21.8 Å². The second-order valence-electron chi connectivity index (χ2n) is 5.13. The predicted octanol–water partition coefficient (Wildman–Crippen LogP) is 2.45. The number of amides is 1. The number of benzene rings is 1. The molecule has 0 atom stereocenters. The highest BCUT2D eigenvalue weighted by molar-refractivity contribution is 9.10. The molecule has 1 amide bonds. The Bertz CT molecular complexity index is 430. The molecule has 1 N–H and O–H groups in total. The van der Waals surface area contributed by atoms with E-state index in [0.717, 1.165) is 43.4 Å². The Hall–Kier alpha value is -0.870. The maximum Gasteiger partial charge on any atom is 0.225 e. The van der Waals surface area contributed by atoms with E-state index in [9.17, 15) is 4.79 Å². The van der Waals surface area contributed by atoms with Crippen LogP contribution in [0.4, 0.5) is 0 Å². The molecule has 1 aromatic carbocycles. The zero-order valence-corrected chi connectivity index (χ0v) is 12.9. The average molecular weight is 325 g/mol. The lowest BCUT2D eigenvalue weighted by Gasteiger charge is -2.27. The number of piperidine rings is 1. The molecule has 0 aromatic heterocycles. The molecule has 1 aliphatic heterocycles. The van der Waals surface area contributed by atoms with E-state index in [-0.39, 0.29) is 5.92 Å². The molecular formula is C15H21BrN2O. The largest absolute Gasteiger partial charge is 0.345 e. The van der Waals surface area contributed by atoms with Crippen LogP contribution in [-0.2, 0) is 11.2 Å². The van der Waals surface area contributed by atoms with E-state index in [1.165, 1.54) is 5.56 Å². The van der Waals surface area contributed by atoms with Crippen molar-refractivity contribution in [3.63, 3.8) is 0 Å². The third kappa shape index (κ3) is 4.05. The molecule has 0 spiro atoms. The van der Waals surface area contributed by atoms with Crippen molar-refractivity contribution in [2.24, 2.45) is 5.92 Å². The van der Waals surface area contributed by atoms with Crippen LogP contribution < -0.4 is 5.32 Å². The molecule has 0 bridgehead atoms. The Morgan fingerprint density at radius 3 is 2.74 bits per heavy atom. The van der Waals surface area contributed by atoms with E-state index < -0.39 is 0 Å². The lowest BCUT2D eigenvalue weighted by atomic mass is 9.96. The van der Waals surface area contributed by atoms with Gasteiger partial charge in [0.2, 0.25) is 5.91 Å². The van der Waals surface area contributed by atoms with Gasteiger partial charge in [-0.2, -0.15) is 0 Å². The standard InChI is InChI=1S/C15H21BrN2O/c1-18(15(19)13-6-9-17-10-7-13)11-8-12-4-2-3-5-14(12)16/h2-5,13,17H,6-11H2,1H3. The van der Waals surface area contributed by atoms with Crippen LogP contribution in [0.15, 0.2) is 28.7 Å². The molecule has 4 heteroatoms. The fourth-order valence-electron chi connectivity index (χ4n) is 2.48. The van der Waals surface area contributed by atoms with E-state index in [2.05, 4.69) is 27.3 Å². The zero-order chi connectivity index (χ0) is 13.7. The van der Waals surface area contributed by atoms with Crippen LogP contribution in [0, 0.1) is 5.92 Å². The maximum atomic E-state index is 12.3. The molecule has 0 radical (unpaired) electrons. The monoisotopic (exact) mass is 324 g/mol. The summed E-state index contributed by atoms with van der Waals surface area (Å²) in [5.74, 6) is 0.513. The topological polar surface area (TPSA) is 32.3 Å². The van der Waals surface area contributed by atoms with Gasteiger partial charge in [0.05, 0.1) is 0 Å². The minimum absolute atomic E-state index is 0.213. The fourth-order valence-corrected chi connectivity index (χ4v) is 2.96. The normalized spacial score (nSPS) is 16.3. The number of nitrogens with one attached hydrogen (secondary N) is 1. The lowest BCUT2D eigenvalue weighted by Crippen LogP contribution is -2.39. The molecule has 0 saturated carbocycles. The Labute approximate surface area is 123 Å². The number of hydrogen-bond donors (Lipinski definition) is 1. The summed E-state index contributed by atoms with van der Waals surface area (Å²) in [6.07, 6.45) is 2.84. The van der Waals surface area contributed by atoms with Crippen molar-refractivity contribution in [1.82, 2.24) is 10.2 Å². The van der Waals surface area contributed by atoms with Gasteiger partial charge in [-0.25, -0.2) is 0 Å². The maximum absolute atomic E-state index is 12.3. The van der Waals surface area contributed by atoms with Crippen molar-refractivity contribution in [2.45, 2.75) is 19.3 Å². The molecule has 1 aromatic rings. The lowest BCUT2D eigenvalue weighted by molar-refractivity contribution is -0.134. The SMILES string of the molecule is CN(CCc1ccccc1Br)C(=O)C1CCNCC1. The van der Waals surface area contributed by atoms with Gasteiger partial charge >= 0.3 is 0 Å². The third-order valence-electron chi connectivity index (χ3n) is 3.74. The molecule has 1 aliphatic rings. The molecular weight excluding hydrogens is 304 g/mol. The molecule has 0 unspecified atom stereocenters. The van der Waals surface area contributed by atoms with E-state index in [4.69, 9.17) is 0 Å². The number of carbonyl (C=O) groups is 1. The first-order chi connectivity index (χ1) is 9.18. The molecule has 1 fully saturated rings. The molecule has 104 valence electrons. The van der Waals surface area contributed by atoms with Crippen molar-refractivity contribution in [3.8, 4) is 0 Å². The fraction of sp³-hybridized carbons (Fsp3) is 0.533. The summed E-state index contributed by atoms with van der Waals surface area (Å²) in [5, 5.41) is 3.30. The number of carbonyl (C=O) groups excluding carboxylic acids is 1. The van der Waals surface area contributed by atoms with E-state index >= 15 is 0 Å².